The third kappa shape index (κ3) is 3.50. The van der Waals surface area contributed by atoms with E-state index in [1.165, 1.54) is 0 Å². The second kappa shape index (κ2) is 7.51. The number of nitrogens with zero attached hydrogens (tertiary/aromatic N) is 2. The van der Waals surface area contributed by atoms with E-state index in [0.717, 1.165) is 16.8 Å². The topological polar surface area (TPSA) is 42.9 Å². The first-order chi connectivity index (χ1) is 10.7. The first-order valence-corrected chi connectivity index (χ1v) is 7.60. The van der Waals surface area contributed by atoms with Crippen LogP contribution in [0.2, 0.25) is 0 Å². The molecular weight excluding hydrogens is 354 g/mol. The molecule has 5 heteroatoms. The van der Waals surface area contributed by atoms with Crippen molar-refractivity contribution in [1.29, 1.82) is 5.41 Å². The maximum atomic E-state index is 8.46. The molecule has 3 aromatic rings. The number of nitrogens with one attached hydrogen (secondary N) is 1. The Morgan fingerprint density at radius 3 is 2.22 bits per heavy atom. The van der Waals surface area contributed by atoms with Gasteiger partial charge in [-0.3, -0.25) is 5.41 Å². The van der Waals surface area contributed by atoms with E-state index in [1.54, 1.807) is 0 Å². The van der Waals surface area contributed by atoms with Crippen LogP contribution >= 0.6 is 17.0 Å². The number of fused-ring (bicyclic) bond motifs is 1. The lowest BCUT2D eigenvalue weighted by Gasteiger charge is -2.09. The zero-order valence-corrected chi connectivity index (χ0v) is 15.1. The fraction of sp³-hybridized carbons (Fsp3) is 0.278. The number of hydrogen-bond acceptors (Lipinski definition) is 2. The standard InChI is InChI=1S/C18H21N3O.BrH/c1-14(2)21-17-11-7-6-10-16(17)20(18(21)19)12-13-22-15-8-4-3-5-9-15;/h3-11,14,19H,12-13H2,1-2H3;1H. The van der Waals surface area contributed by atoms with Crippen molar-refractivity contribution in [1.82, 2.24) is 9.13 Å². The Kier molecular flexibility index (Phi) is 5.66. The van der Waals surface area contributed by atoms with Crippen LogP contribution in [0.1, 0.15) is 19.9 Å². The van der Waals surface area contributed by atoms with E-state index in [-0.39, 0.29) is 23.0 Å². The number of hydrogen-bond donors (Lipinski definition) is 1. The van der Waals surface area contributed by atoms with Crippen LogP contribution in [-0.2, 0) is 6.54 Å². The van der Waals surface area contributed by atoms with Gasteiger partial charge in [-0.2, -0.15) is 0 Å². The zero-order valence-electron chi connectivity index (χ0n) is 13.4. The molecule has 0 amide bonds. The molecule has 0 aliphatic rings. The average molecular weight is 376 g/mol. The van der Waals surface area contributed by atoms with E-state index in [4.69, 9.17) is 10.1 Å². The summed E-state index contributed by atoms with van der Waals surface area (Å²) in [5.74, 6) is 0.863. The molecule has 0 radical (unpaired) electrons. The van der Waals surface area contributed by atoms with Gasteiger partial charge in [0.05, 0.1) is 17.6 Å². The number of para-hydroxylation sites is 3. The summed E-state index contributed by atoms with van der Waals surface area (Å²) in [7, 11) is 0. The highest BCUT2D eigenvalue weighted by Crippen LogP contribution is 2.17. The van der Waals surface area contributed by atoms with Gasteiger partial charge in [-0.1, -0.05) is 30.3 Å². The molecule has 23 heavy (non-hydrogen) atoms. The highest BCUT2D eigenvalue weighted by Gasteiger charge is 2.12. The van der Waals surface area contributed by atoms with E-state index < -0.39 is 0 Å². The van der Waals surface area contributed by atoms with Gasteiger partial charge < -0.3 is 13.9 Å². The molecular formula is C18H22BrN3O. The van der Waals surface area contributed by atoms with E-state index in [0.29, 0.717) is 18.8 Å². The molecule has 0 aliphatic heterocycles. The van der Waals surface area contributed by atoms with Crippen molar-refractivity contribution in [2.75, 3.05) is 6.61 Å². The van der Waals surface area contributed by atoms with E-state index in [2.05, 4.69) is 30.5 Å². The van der Waals surface area contributed by atoms with Crippen molar-refractivity contribution in [3.05, 3.63) is 60.2 Å². The molecule has 0 bridgehead atoms. The van der Waals surface area contributed by atoms with Crippen LogP contribution in [0.5, 0.6) is 5.75 Å². The molecule has 0 unspecified atom stereocenters. The maximum Gasteiger partial charge on any atom is 0.203 e. The number of imidazole rings is 1. The summed E-state index contributed by atoms with van der Waals surface area (Å²) in [6.45, 7) is 5.42. The number of rotatable bonds is 5. The fourth-order valence-corrected chi connectivity index (χ4v) is 2.77. The molecule has 1 aromatic heterocycles. The van der Waals surface area contributed by atoms with Gasteiger partial charge >= 0.3 is 0 Å². The van der Waals surface area contributed by atoms with Crippen molar-refractivity contribution in [2.24, 2.45) is 0 Å². The molecule has 0 saturated carbocycles. The highest BCUT2D eigenvalue weighted by molar-refractivity contribution is 8.93. The normalized spacial score (nSPS) is 10.7. The minimum Gasteiger partial charge on any atom is -0.492 e. The maximum absolute atomic E-state index is 8.46. The lowest BCUT2D eigenvalue weighted by atomic mass is 10.3. The van der Waals surface area contributed by atoms with Gasteiger partial charge in [0.2, 0.25) is 5.62 Å². The van der Waals surface area contributed by atoms with Gasteiger partial charge in [-0.05, 0) is 38.1 Å². The summed E-state index contributed by atoms with van der Waals surface area (Å²) < 4.78 is 9.84. The predicted molar refractivity (Wildman–Crippen MR) is 98.4 cm³/mol. The Morgan fingerprint density at radius 1 is 0.957 bits per heavy atom. The molecule has 0 atom stereocenters. The van der Waals surface area contributed by atoms with E-state index in [1.807, 2.05) is 47.0 Å². The second-order valence-electron chi connectivity index (χ2n) is 5.59. The van der Waals surface area contributed by atoms with Gasteiger partial charge in [-0.25, -0.2) is 0 Å². The summed E-state index contributed by atoms with van der Waals surface area (Å²) in [6.07, 6.45) is 0. The van der Waals surface area contributed by atoms with Crippen LogP contribution in [-0.4, -0.2) is 15.7 Å². The molecule has 2 aromatic carbocycles. The van der Waals surface area contributed by atoms with Crippen molar-refractivity contribution in [3.8, 4) is 5.75 Å². The van der Waals surface area contributed by atoms with Crippen LogP contribution in [0.25, 0.3) is 11.0 Å². The molecule has 0 spiro atoms. The van der Waals surface area contributed by atoms with Gasteiger partial charge in [0.15, 0.2) is 0 Å². The largest absolute Gasteiger partial charge is 0.492 e. The minimum atomic E-state index is 0. The number of halogens is 1. The zero-order chi connectivity index (χ0) is 15.5. The van der Waals surface area contributed by atoms with Gasteiger partial charge in [0.1, 0.15) is 12.4 Å². The Hall–Kier alpha value is -2.01. The number of benzene rings is 2. The summed E-state index contributed by atoms with van der Waals surface area (Å²) in [5, 5.41) is 8.46. The van der Waals surface area contributed by atoms with E-state index in [9.17, 15) is 0 Å². The monoisotopic (exact) mass is 375 g/mol. The Balaban J connectivity index is 0.00000192. The summed E-state index contributed by atoms with van der Waals surface area (Å²) in [5.41, 5.74) is 2.70. The molecule has 0 aliphatic carbocycles. The average Bonchev–Trinajstić information content (AvgIpc) is 2.81. The Morgan fingerprint density at radius 2 is 1.57 bits per heavy atom. The number of aromatic nitrogens is 2. The van der Waals surface area contributed by atoms with E-state index >= 15 is 0 Å². The third-order valence-electron chi connectivity index (χ3n) is 3.76. The van der Waals surface area contributed by atoms with Crippen molar-refractivity contribution >= 4 is 28.0 Å². The molecule has 0 saturated heterocycles. The Labute approximate surface area is 146 Å². The Bertz CT molecular complexity index is 821. The first-order valence-electron chi connectivity index (χ1n) is 7.60. The second-order valence-corrected chi connectivity index (χ2v) is 5.59. The fourth-order valence-electron chi connectivity index (χ4n) is 2.77. The van der Waals surface area contributed by atoms with Crippen LogP contribution in [0.3, 0.4) is 0 Å². The predicted octanol–water partition coefficient (Wildman–Crippen LogP) is 4.16. The van der Waals surface area contributed by atoms with Crippen molar-refractivity contribution in [3.63, 3.8) is 0 Å². The summed E-state index contributed by atoms with van der Waals surface area (Å²) >= 11 is 0. The molecule has 0 fully saturated rings. The summed E-state index contributed by atoms with van der Waals surface area (Å²) in [6, 6.07) is 18.2. The van der Waals surface area contributed by atoms with Crippen molar-refractivity contribution < 1.29 is 4.74 Å². The van der Waals surface area contributed by atoms with Crippen LogP contribution in [0.4, 0.5) is 0 Å². The van der Waals surface area contributed by atoms with Crippen molar-refractivity contribution in [2.45, 2.75) is 26.4 Å². The van der Waals surface area contributed by atoms with Gasteiger partial charge in [0.25, 0.3) is 0 Å². The smallest absolute Gasteiger partial charge is 0.203 e. The first kappa shape index (κ1) is 17.3. The van der Waals surface area contributed by atoms with Crippen LogP contribution in [0, 0.1) is 5.41 Å². The lowest BCUT2D eigenvalue weighted by Crippen LogP contribution is -2.27. The quantitative estimate of drug-likeness (QED) is 0.714. The molecule has 3 rings (SSSR count). The molecule has 1 N–H and O–H groups in total. The number of ether oxygens (including phenoxy) is 1. The third-order valence-corrected chi connectivity index (χ3v) is 3.76. The van der Waals surface area contributed by atoms with Crippen LogP contribution in [0.15, 0.2) is 54.6 Å². The van der Waals surface area contributed by atoms with Crippen LogP contribution < -0.4 is 10.4 Å². The minimum absolute atomic E-state index is 0. The van der Waals surface area contributed by atoms with Gasteiger partial charge in [-0.15, -0.1) is 17.0 Å². The molecule has 122 valence electrons. The highest BCUT2D eigenvalue weighted by atomic mass is 79.9. The molecule has 1 heterocycles. The molecule has 4 nitrogen and oxygen atoms in total. The lowest BCUT2D eigenvalue weighted by molar-refractivity contribution is 0.296. The van der Waals surface area contributed by atoms with Gasteiger partial charge in [0, 0.05) is 6.04 Å². The SMILES string of the molecule is Br.CC(C)n1c(=N)n(CCOc2ccccc2)c2ccccc21. The summed E-state index contributed by atoms with van der Waals surface area (Å²) in [4.78, 5) is 0.